The normalized spacial score (nSPS) is 19.6. The summed E-state index contributed by atoms with van der Waals surface area (Å²) in [6, 6.07) is 7.77. The molecule has 1 atom stereocenters. The van der Waals surface area contributed by atoms with Crippen molar-refractivity contribution in [3.63, 3.8) is 0 Å². The van der Waals surface area contributed by atoms with Gasteiger partial charge in [0.1, 0.15) is 0 Å². The van der Waals surface area contributed by atoms with E-state index < -0.39 is 10.0 Å². The lowest BCUT2D eigenvalue weighted by molar-refractivity contribution is 0.293. The highest BCUT2D eigenvalue weighted by molar-refractivity contribution is 7.89. The van der Waals surface area contributed by atoms with E-state index in [9.17, 15) is 8.42 Å². The minimum absolute atomic E-state index is 0.359. The molecule has 1 saturated heterocycles. The number of nitrogens with one attached hydrogen (secondary N) is 1. The lowest BCUT2D eigenvalue weighted by Gasteiger charge is -2.21. The molecule has 5 nitrogen and oxygen atoms in total. The lowest BCUT2D eigenvalue weighted by Crippen LogP contribution is -2.35. The molecule has 1 unspecified atom stereocenters. The number of nitrogens with zero attached hydrogens (tertiary/aromatic N) is 2. The van der Waals surface area contributed by atoms with Gasteiger partial charge in [-0.05, 0) is 44.1 Å². The van der Waals surface area contributed by atoms with Crippen molar-refractivity contribution in [3.8, 4) is 0 Å². The van der Waals surface area contributed by atoms with Gasteiger partial charge in [-0.2, -0.15) is 0 Å². The summed E-state index contributed by atoms with van der Waals surface area (Å²) in [5.74, 6) is 0. The van der Waals surface area contributed by atoms with Crippen LogP contribution in [0.15, 0.2) is 29.2 Å². The van der Waals surface area contributed by atoms with E-state index in [1.807, 2.05) is 12.1 Å². The van der Waals surface area contributed by atoms with Crippen molar-refractivity contribution in [2.45, 2.75) is 30.3 Å². The molecule has 1 aromatic rings. The van der Waals surface area contributed by atoms with Crippen LogP contribution in [0.25, 0.3) is 0 Å². The molecule has 0 amide bonds. The van der Waals surface area contributed by atoms with Crippen molar-refractivity contribution >= 4 is 10.0 Å². The second kappa shape index (κ2) is 6.87. The van der Waals surface area contributed by atoms with Crippen LogP contribution in [0.4, 0.5) is 0 Å². The molecule has 1 N–H and O–H groups in total. The van der Waals surface area contributed by atoms with Crippen LogP contribution in [-0.4, -0.2) is 57.9 Å². The Labute approximate surface area is 128 Å². The highest BCUT2D eigenvalue weighted by Crippen LogP contribution is 2.16. The first-order chi connectivity index (χ1) is 9.89. The molecule has 0 saturated carbocycles. The summed E-state index contributed by atoms with van der Waals surface area (Å²) in [6.45, 7) is 2.86. The maximum absolute atomic E-state index is 12.2. The molecule has 1 aliphatic rings. The van der Waals surface area contributed by atoms with E-state index in [0.717, 1.165) is 25.2 Å². The maximum Gasteiger partial charge on any atom is 0.242 e. The van der Waals surface area contributed by atoms with Crippen LogP contribution in [0.1, 0.15) is 18.4 Å². The summed E-state index contributed by atoms with van der Waals surface area (Å²) >= 11 is 0. The number of rotatable bonds is 6. The second-order valence-electron chi connectivity index (χ2n) is 5.92. The maximum atomic E-state index is 12.2. The van der Waals surface area contributed by atoms with Crippen molar-refractivity contribution in [1.82, 2.24) is 14.5 Å². The Morgan fingerprint density at radius 2 is 2.05 bits per heavy atom. The standard InChI is InChI=1S/C15H25N3O2S/c1-17(2)21(19,20)15-8-4-6-13(10-15)11-18(3)12-14-7-5-9-16-14/h4,6,8,10,14,16H,5,7,9,11-12H2,1-3H3. The van der Waals surface area contributed by atoms with E-state index in [-0.39, 0.29) is 0 Å². The Kier molecular flexibility index (Phi) is 5.37. The Morgan fingerprint density at radius 3 is 2.67 bits per heavy atom. The van der Waals surface area contributed by atoms with Crippen molar-refractivity contribution in [2.75, 3.05) is 34.2 Å². The van der Waals surface area contributed by atoms with Gasteiger partial charge in [-0.3, -0.25) is 0 Å². The van der Waals surface area contributed by atoms with Gasteiger partial charge in [0.05, 0.1) is 4.90 Å². The summed E-state index contributed by atoms with van der Waals surface area (Å²) in [6.07, 6.45) is 2.47. The molecule has 0 bridgehead atoms. The van der Waals surface area contributed by atoms with Crippen LogP contribution < -0.4 is 5.32 Å². The van der Waals surface area contributed by atoms with Gasteiger partial charge in [0.25, 0.3) is 0 Å². The number of hydrogen-bond acceptors (Lipinski definition) is 4. The zero-order chi connectivity index (χ0) is 15.5. The molecule has 0 aliphatic carbocycles. The van der Waals surface area contributed by atoms with Crippen LogP contribution in [0, 0.1) is 0 Å². The molecule has 2 rings (SSSR count). The predicted molar refractivity (Wildman–Crippen MR) is 84.7 cm³/mol. The van der Waals surface area contributed by atoms with E-state index in [1.165, 1.54) is 17.1 Å². The molecule has 0 aromatic heterocycles. The summed E-state index contributed by atoms with van der Waals surface area (Å²) in [5.41, 5.74) is 1.03. The van der Waals surface area contributed by atoms with Crippen LogP contribution in [0.2, 0.25) is 0 Å². The van der Waals surface area contributed by atoms with E-state index in [1.54, 1.807) is 26.2 Å². The van der Waals surface area contributed by atoms with Gasteiger partial charge < -0.3 is 10.2 Å². The van der Waals surface area contributed by atoms with Crippen molar-refractivity contribution in [3.05, 3.63) is 29.8 Å². The third-order valence-electron chi connectivity index (χ3n) is 3.82. The Hall–Kier alpha value is -0.950. The monoisotopic (exact) mass is 311 g/mol. The van der Waals surface area contributed by atoms with Crippen LogP contribution >= 0.6 is 0 Å². The zero-order valence-electron chi connectivity index (χ0n) is 13.0. The van der Waals surface area contributed by atoms with Gasteiger partial charge in [-0.25, -0.2) is 12.7 Å². The number of benzene rings is 1. The van der Waals surface area contributed by atoms with Crippen LogP contribution in [0.3, 0.4) is 0 Å². The van der Waals surface area contributed by atoms with Crippen molar-refractivity contribution < 1.29 is 8.42 Å². The molecule has 1 aromatic carbocycles. The smallest absolute Gasteiger partial charge is 0.242 e. The molecule has 1 heterocycles. The lowest BCUT2D eigenvalue weighted by atomic mass is 10.2. The molecule has 1 aliphatic heterocycles. The molecule has 0 spiro atoms. The summed E-state index contributed by atoms with van der Waals surface area (Å²) in [5, 5.41) is 3.48. The fraction of sp³-hybridized carbons (Fsp3) is 0.600. The van der Waals surface area contributed by atoms with Gasteiger partial charge >= 0.3 is 0 Å². The minimum Gasteiger partial charge on any atom is -0.313 e. The first-order valence-electron chi connectivity index (χ1n) is 7.33. The molecule has 6 heteroatoms. The third kappa shape index (κ3) is 4.26. The van der Waals surface area contributed by atoms with Gasteiger partial charge in [0.15, 0.2) is 0 Å². The molecule has 21 heavy (non-hydrogen) atoms. The van der Waals surface area contributed by atoms with Crippen molar-refractivity contribution in [2.24, 2.45) is 0 Å². The Balaban J connectivity index is 2.03. The summed E-state index contributed by atoms with van der Waals surface area (Å²) < 4.78 is 25.6. The van der Waals surface area contributed by atoms with Gasteiger partial charge in [0, 0.05) is 33.2 Å². The first kappa shape index (κ1) is 16.4. The van der Waals surface area contributed by atoms with Gasteiger partial charge in [-0.1, -0.05) is 12.1 Å². The topological polar surface area (TPSA) is 52.7 Å². The van der Waals surface area contributed by atoms with Gasteiger partial charge in [0.2, 0.25) is 10.0 Å². The Bertz CT molecular complexity index is 566. The van der Waals surface area contributed by atoms with E-state index in [2.05, 4.69) is 17.3 Å². The zero-order valence-corrected chi connectivity index (χ0v) is 13.9. The third-order valence-corrected chi connectivity index (χ3v) is 5.64. The molecule has 1 fully saturated rings. The predicted octanol–water partition coefficient (Wildman–Crippen LogP) is 1.12. The van der Waals surface area contributed by atoms with E-state index >= 15 is 0 Å². The Morgan fingerprint density at radius 1 is 1.29 bits per heavy atom. The van der Waals surface area contributed by atoms with Crippen LogP contribution in [0.5, 0.6) is 0 Å². The number of likely N-dealkylation sites (N-methyl/N-ethyl adjacent to an activating group) is 1. The number of hydrogen-bond donors (Lipinski definition) is 1. The molecule has 118 valence electrons. The average molecular weight is 311 g/mol. The van der Waals surface area contributed by atoms with Crippen molar-refractivity contribution in [1.29, 1.82) is 0 Å². The second-order valence-corrected chi connectivity index (χ2v) is 8.08. The molecular weight excluding hydrogens is 286 g/mol. The summed E-state index contributed by atoms with van der Waals surface area (Å²) in [7, 11) is 1.83. The largest absolute Gasteiger partial charge is 0.313 e. The van der Waals surface area contributed by atoms with Gasteiger partial charge in [-0.15, -0.1) is 0 Å². The molecule has 0 radical (unpaired) electrons. The van der Waals surface area contributed by atoms with E-state index in [4.69, 9.17) is 0 Å². The first-order valence-corrected chi connectivity index (χ1v) is 8.77. The fourth-order valence-corrected chi connectivity index (χ4v) is 3.65. The number of sulfonamides is 1. The quantitative estimate of drug-likeness (QED) is 0.855. The summed E-state index contributed by atoms with van der Waals surface area (Å²) in [4.78, 5) is 2.60. The highest BCUT2D eigenvalue weighted by atomic mass is 32.2. The average Bonchev–Trinajstić information content (AvgIpc) is 2.91. The SMILES string of the molecule is CN(Cc1cccc(S(=O)(=O)N(C)C)c1)CC1CCCN1. The van der Waals surface area contributed by atoms with E-state index in [0.29, 0.717) is 10.9 Å². The van der Waals surface area contributed by atoms with Crippen LogP contribution in [-0.2, 0) is 16.6 Å². The fourth-order valence-electron chi connectivity index (χ4n) is 2.68. The minimum atomic E-state index is -3.36. The highest BCUT2D eigenvalue weighted by Gasteiger charge is 2.18. The molecular formula is C15H25N3O2S.